The van der Waals surface area contributed by atoms with Crippen LogP contribution in [0.3, 0.4) is 0 Å². The van der Waals surface area contributed by atoms with Gasteiger partial charge in [-0.05, 0) is 12.8 Å². The Balaban J connectivity index is 1.61. The van der Waals surface area contributed by atoms with Crippen LogP contribution >= 0.6 is 0 Å². The monoisotopic (exact) mass is 316 g/mol. The molecule has 9 heteroatoms. The fourth-order valence-electron chi connectivity index (χ4n) is 2.58. The first kappa shape index (κ1) is 15.2. The van der Waals surface area contributed by atoms with E-state index in [4.69, 9.17) is 0 Å². The van der Waals surface area contributed by atoms with Gasteiger partial charge in [0.15, 0.2) is 0 Å². The Labute approximate surface area is 134 Å². The molecule has 1 saturated heterocycles. The summed E-state index contributed by atoms with van der Waals surface area (Å²) in [5, 5.41) is 7.01. The van der Waals surface area contributed by atoms with E-state index in [-0.39, 0.29) is 12.1 Å². The maximum atomic E-state index is 12.4. The third kappa shape index (κ3) is 3.55. The number of nitrogens with zero attached hydrogens (tertiary/aromatic N) is 7. The largest absolute Gasteiger partial charge is 0.347 e. The number of aromatic nitrogens is 5. The van der Waals surface area contributed by atoms with E-state index in [2.05, 4.69) is 25.4 Å². The highest BCUT2D eigenvalue weighted by Gasteiger charge is 2.25. The van der Waals surface area contributed by atoms with Crippen molar-refractivity contribution in [1.82, 2.24) is 29.6 Å². The molecule has 0 spiro atoms. The molecular weight excluding hydrogens is 296 g/mol. The molecule has 9 nitrogen and oxygen atoms in total. The highest BCUT2D eigenvalue weighted by molar-refractivity contribution is 5.89. The van der Waals surface area contributed by atoms with Crippen LogP contribution in [0.15, 0.2) is 25.0 Å². The topological polar surface area (TPSA) is 92.1 Å². The lowest BCUT2D eigenvalue weighted by Gasteiger charge is -2.32. The molecule has 0 radical (unpaired) electrons. The zero-order valence-corrected chi connectivity index (χ0v) is 13.3. The molecule has 2 aromatic rings. The SMILES string of the molecule is CN(C)c1ncc(NC(=O)N2CCCC(n3cncn3)C2)cn1. The lowest BCUT2D eigenvalue weighted by Crippen LogP contribution is -2.43. The maximum Gasteiger partial charge on any atom is 0.322 e. The third-order valence-electron chi connectivity index (χ3n) is 3.78. The number of nitrogens with one attached hydrogen (secondary N) is 1. The molecule has 1 atom stereocenters. The summed E-state index contributed by atoms with van der Waals surface area (Å²) in [4.78, 5) is 28.3. The second-order valence-corrected chi connectivity index (χ2v) is 5.71. The molecule has 1 N–H and O–H groups in total. The highest BCUT2D eigenvalue weighted by atomic mass is 16.2. The summed E-state index contributed by atoms with van der Waals surface area (Å²) < 4.78 is 1.81. The molecule has 1 fully saturated rings. The normalized spacial score (nSPS) is 17.8. The first-order valence-electron chi connectivity index (χ1n) is 7.53. The zero-order chi connectivity index (χ0) is 16.2. The van der Waals surface area contributed by atoms with Crippen molar-refractivity contribution < 1.29 is 4.79 Å². The van der Waals surface area contributed by atoms with E-state index in [0.717, 1.165) is 19.4 Å². The van der Waals surface area contributed by atoms with Crippen molar-refractivity contribution in [3.63, 3.8) is 0 Å². The number of hydrogen-bond donors (Lipinski definition) is 1. The summed E-state index contributed by atoms with van der Waals surface area (Å²) in [5.74, 6) is 0.604. The second kappa shape index (κ2) is 6.59. The van der Waals surface area contributed by atoms with Gasteiger partial charge in [0.05, 0.1) is 24.1 Å². The van der Waals surface area contributed by atoms with E-state index >= 15 is 0 Å². The standard InChI is InChI=1S/C14H20N8O/c1-20(2)13-16-6-11(7-17-13)19-14(23)21-5-3-4-12(8-21)22-10-15-9-18-22/h6-7,9-10,12H,3-5,8H2,1-2H3,(H,19,23). The molecule has 3 heterocycles. The average Bonchev–Trinajstić information content (AvgIpc) is 3.10. The van der Waals surface area contributed by atoms with E-state index < -0.39 is 0 Å². The van der Waals surface area contributed by atoms with Crippen LogP contribution in [0.2, 0.25) is 0 Å². The van der Waals surface area contributed by atoms with E-state index in [1.807, 2.05) is 18.8 Å². The number of hydrogen-bond acceptors (Lipinski definition) is 6. The highest BCUT2D eigenvalue weighted by Crippen LogP contribution is 2.21. The first-order chi connectivity index (χ1) is 11.1. The number of urea groups is 1. The molecular formula is C14H20N8O. The Bertz CT molecular complexity index is 639. The Kier molecular flexibility index (Phi) is 4.35. The van der Waals surface area contributed by atoms with Crippen LogP contribution in [0.4, 0.5) is 16.4 Å². The van der Waals surface area contributed by atoms with E-state index in [1.165, 1.54) is 6.33 Å². The Hall–Kier alpha value is -2.71. The van der Waals surface area contributed by atoms with Crippen LogP contribution in [-0.4, -0.2) is 62.8 Å². The van der Waals surface area contributed by atoms with Crippen molar-refractivity contribution in [2.24, 2.45) is 0 Å². The minimum absolute atomic E-state index is 0.143. The molecule has 0 aromatic carbocycles. The number of amides is 2. The second-order valence-electron chi connectivity index (χ2n) is 5.71. The maximum absolute atomic E-state index is 12.4. The molecule has 2 aromatic heterocycles. The van der Waals surface area contributed by atoms with Gasteiger partial charge in [0, 0.05) is 27.2 Å². The number of carbonyl (C=O) groups excluding carboxylic acids is 1. The number of rotatable bonds is 3. The molecule has 1 unspecified atom stereocenters. The van der Waals surface area contributed by atoms with Crippen LogP contribution < -0.4 is 10.2 Å². The summed E-state index contributed by atoms with van der Waals surface area (Å²) in [7, 11) is 3.73. The van der Waals surface area contributed by atoms with Crippen LogP contribution in [0.1, 0.15) is 18.9 Å². The Morgan fingerprint density at radius 2 is 2.13 bits per heavy atom. The van der Waals surface area contributed by atoms with Gasteiger partial charge in [-0.2, -0.15) is 5.10 Å². The molecule has 122 valence electrons. The molecule has 3 rings (SSSR count). The molecule has 0 saturated carbocycles. The predicted octanol–water partition coefficient (Wildman–Crippen LogP) is 1.00. The van der Waals surface area contributed by atoms with Gasteiger partial charge in [0.1, 0.15) is 12.7 Å². The van der Waals surface area contributed by atoms with E-state index in [9.17, 15) is 4.79 Å². The van der Waals surface area contributed by atoms with E-state index in [1.54, 1.807) is 28.5 Å². The van der Waals surface area contributed by atoms with Crippen LogP contribution in [-0.2, 0) is 0 Å². The third-order valence-corrected chi connectivity index (χ3v) is 3.78. The lowest BCUT2D eigenvalue weighted by atomic mass is 10.1. The molecule has 0 aliphatic carbocycles. The van der Waals surface area contributed by atoms with Crippen molar-refractivity contribution in [2.45, 2.75) is 18.9 Å². The number of likely N-dealkylation sites (tertiary alicyclic amines) is 1. The molecule has 1 aliphatic rings. The summed E-state index contributed by atoms with van der Waals surface area (Å²) >= 11 is 0. The Morgan fingerprint density at radius 1 is 1.35 bits per heavy atom. The van der Waals surface area contributed by atoms with Gasteiger partial charge in [-0.25, -0.2) is 24.4 Å². The zero-order valence-electron chi connectivity index (χ0n) is 13.3. The summed E-state index contributed by atoms with van der Waals surface area (Å²) in [6.45, 7) is 1.35. The number of anilines is 2. The number of piperidine rings is 1. The van der Waals surface area contributed by atoms with Gasteiger partial charge in [-0.1, -0.05) is 0 Å². The first-order valence-corrected chi connectivity index (χ1v) is 7.53. The van der Waals surface area contributed by atoms with Crippen molar-refractivity contribution in [3.8, 4) is 0 Å². The molecule has 2 amide bonds. The fraction of sp³-hybridized carbons (Fsp3) is 0.500. The summed E-state index contributed by atoms with van der Waals surface area (Å²) in [6, 6.07) is 0.0281. The van der Waals surface area contributed by atoms with Gasteiger partial charge < -0.3 is 15.1 Å². The van der Waals surface area contributed by atoms with Crippen molar-refractivity contribution in [3.05, 3.63) is 25.0 Å². The lowest BCUT2D eigenvalue weighted by molar-refractivity contribution is 0.174. The summed E-state index contributed by atoms with van der Waals surface area (Å²) in [5.41, 5.74) is 0.587. The minimum Gasteiger partial charge on any atom is -0.347 e. The average molecular weight is 316 g/mol. The smallest absolute Gasteiger partial charge is 0.322 e. The van der Waals surface area contributed by atoms with E-state index in [0.29, 0.717) is 18.2 Å². The van der Waals surface area contributed by atoms with Gasteiger partial charge in [0.2, 0.25) is 5.95 Å². The number of carbonyl (C=O) groups is 1. The van der Waals surface area contributed by atoms with Gasteiger partial charge in [-0.3, -0.25) is 0 Å². The van der Waals surface area contributed by atoms with Crippen LogP contribution in [0, 0.1) is 0 Å². The minimum atomic E-state index is -0.143. The van der Waals surface area contributed by atoms with Crippen molar-refractivity contribution >= 4 is 17.7 Å². The van der Waals surface area contributed by atoms with Crippen LogP contribution in [0.5, 0.6) is 0 Å². The quantitative estimate of drug-likeness (QED) is 0.908. The Morgan fingerprint density at radius 3 is 2.78 bits per heavy atom. The van der Waals surface area contributed by atoms with Gasteiger partial charge >= 0.3 is 6.03 Å². The van der Waals surface area contributed by atoms with Gasteiger partial charge in [0.25, 0.3) is 0 Å². The molecule has 23 heavy (non-hydrogen) atoms. The summed E-state index contributed by atoms with van der Waals surface area (Å²) in [6.07, 6.45) is 8.36. The van der Waals surface area contributed by atoms with Crippen LogP contribution in [0.25, 0.3) is 0 Å². The van der Waals surface area contributed by atoms with Crippen molar-refractivity contribution in [2.75, 3.05) is 37.4 Å². The molecule has 0 bridgehead atoms. The van der Waals surface area contributed by atoms with Gasteiger partial charge in [-0.15, -0.1) is 0 Å². The van der Waals surface area contributed by atoms with Crippen molar-refractivity contribution in [1.29, 1.82) is 0 Å². The molecule has 1 aliphatic heterocycles. The predicted molar refractivity (Wildman–Crippen MR) is 85.2 cm³/mol. The fourth-order valence-corrected chi connectivity index (χ4v) is 2.58.